The number of fused-ring (bicyclic) bond motifs is 19. The molecule has 10 atom stereocenters. The number of phenols is 2. The van der Waals surface area contributed by atoms with Crippen LogP contribution in [0.4, 0.5) is 0 Å². The predicted molar refractivity (Wildman–Crippen MR) is 335 cm³/mol. The van der Waals surface area contributed by atoms with E-state index in [1.165, 1.54) is 4.90 Å². The molecular weight excluding hydrogens is 1130 g/mol. The molecule has 2 amide bonds. The average Bonchev–Trinajstić information content (AvgIpc) is 1.40. The van der Waals surface area contributed by atoms with Gasteiger partial charge in [-0.2, -0.15) is 10.5 Å². The Balaban J connectivity index is 0.000000195. The van der Waals surface area contributed by atoms with Crippen LogP contribution in [0.3, 0.4) is 0 Å². The first-order chi connectivity index (χ1) is 41.6. The molecule has 470 valence electrons. The first-order valence-electron chi connectivity index (χ1n) is 29.2. The van der Waals surface area contributed by atoms with E-state index in [4.69, 9.17) is 43.6 Å². The van der Waals surface area contributed by atoms with E-state index >= 15 is 0 Å². The summed E-state index contributed by atoms with van der Waals surface area (Å²) in [4.78, 5) is 37.8. The lowest BCUT2D eigenvalue weighted by molar-refractivity contribution is -0.0758. The Hall–Kier alpha value is -8.50. The summed E-state index contributed by atoms with van der Waals surface area (Å²) in [6, 6.07) is 12.9. The van der Waals surface area contributed by atoms with Crippen LogP contribution in [0.25, 0.3) is 0 Å². The van der Waals surface area contributed by atoms with E-state index in [0.717, 1.165) is 72.5 Å². The number of aromatic hydroxyl groups is 2. The Morgan fingerprint density at radius 1 is 0.618 bits per heavy atom. The Kier molecular flexibility index (Phi) is 17.2. The maximum atomic E-state index is 13.8. The highest BCUT2D eigenvalue weighted by Gasteiger charge is 2.59. The standard InChI is InChI=1S/C37H36N4O7.C29H34N4O5.3CH4/c1-6-11-46-33-19(3)34-35(48-17-47-34)29-23(33)14-25-30-28-20(12-18(2)32(45-5)31(28)42)13-24(39(30)4)26(15-38)41(25)27(29)16-40-36(43)21-9-7-8-10-22(21)37(40)44;1-6-7-36-27-15(3)28-29(38-13-37-28)23-17(27)10-19-24-22-16(8-14(2)26(35-5)25(22)34)9-18(32(24)4)20(11-30)33(19)21(23)12-31;;;/h6-10,12,24-27,30,42H,1,11,13-14,16-17H2,2-5H3;6,8,18-21,24,34H,1,7,9-10,12-13,31H2,2-5H3;3*1H4/t24-,25?,26-,27-,30-;18-,19?,20-,21-,24-;;;/m00.../s1. The van der Waals surface area contributed by atoms with E-state index in [1.807, 2.05) is 34.7 Å². The Morgan fingerprint density at radius 3 is 1.42 bits per heavy atom. The zero-order chi connectivity index (χ0) is 60.5. The lowest BCUT2D eigenvalue weighted by Gasteiger charge is -2.60. The first-order valence-corrected chi connectivity index (χ1v) is 29.2. The third-order valence-corrected chi connectivity index (χ3v) is 19.7. The monoisotopic (exact) mass is 1210 g/mol. The molecule has 2 unspecified atom stereocenters. The van der Waals surface area contributed by atoms with Crippen LogP contribution >= 0.6 is 0 Å². The van der Waals surface area contributed by atoms with Crippen LogP contribution < -0.4 is 43.6 Å². The van der Waals surface area contributed by atoms with Gasteiger partial charge in [-0.15, -0.1) is 0 Å². The number of imide groups is 1. The summed E-state index contributed by atoms with van der Waals surface area (Å²) < 4.78 is 47.9. The first kappa shape index (κ1) is 63.5. The molecule has 5 aromatic carbocycles. The van der Waals surface area contributed by atoms with Crippen LogP contribution in [0, 0.1) is 50.4 Å². The van der Waals surface area contributed by atoms with E-state index < -0.39 is 18.1 Å². The van der Waals surface area contributed by atoms with E-state index in [1.54, 1.807) is 50.6 Å². The van der Waals surface area contributed by atoms with Gasteiger partial charge >= 0.3 is 0 Å². The third-order valence-electron chi connectivity index (χ3n) is 19.7. The summed E-state index contributed by atoms with van der Waals surface area (Å²) in [5, 5.41) is 44.7. The van der Waals surface area contributed by atoms with Gasteiger partial charge in [-0.05, 0) is 102 Å². The smallest absolute Gasteiger partial charge is 0.261 e. The molecule has 2 fully saturated rings. The van der Waals surface area contributed by atoms with E-state index in [-0.39, 0.29) is 115 Å². The molecular formula is C69H82N8O12. The fourth-order valence-electron chi connectivity index (χ4n) is 16.3. The van der Waals surface area contributed by atoms with Gasteiger partial charge in [0.15, 0.2) is 46.0 Å². The summed E-state index contributed by atoms with van der Waals surface area (Å²) >= 11 is 0. The van der Waals surface area contributed by atoms with Crippen molar-refractivity contribution in [2.75, 3.05) is 68.2 Å². The molecule has 0 aromatic heterocycles. The Bertz CT molecular complexity index is 3780. The maximum Gasteiger partial charge on any atom is 0.261 e. The van der Waals surface area contributed by atoms with Crippen molar-refractivity contribution < 1.29 is 57.7 Å². The number of nitrogens with two attached hydrogens (primary N) is 1. The number of piperazine rings is 2. The summed E-state index contributed by atoms with van der Waals surface area (Å²) in [7, 11) is 7.18. The molecule has 0 aliphatic carbocycles. The minimum atomic E-state index is -0.650. The van der Waals surface area contributed by atoms with Gasteiger partial charge in [0, 0.05) is 81.8 Å². The summed E-state index contributed by atoms with van der Waals surface area (Å²) in [6.45, 7) is 16.4. The lowest BCUT2D eigenvalue weighted by atomic mass is 9.71. The number of nitriles is 2. The van der Waals surface area contributed by atoms with Crippen molar-refractivity contribution in [3.63, 3.8) is 0 Å². The van der Waals surface area contributed by atoms with Crippen LogP contribution in [-0.4, -0.2) is 151 Å². The quantitative estimate of drug-likeness (QED) is 0.0824. The van der Waals surface area contributed by atoms with Crippen LogP contribution in [0.1, 0.15) is 134 Å². The highest BCUT2D eigenvalue weighted by molar-refractivity contribution is 6.21. The molecule has 20 nitrogen and oxygen atoms in total. The summed E-state index contributed by atoms with van der Waals surface area (Å²) in [6.07, 6.45) is 5.59. The molecule has 0 saturated carbocycles. The average molecular weight is 1220 g/mol. The molecule has 9 heterocycles. The van der Waals surface area contributed by atoms with Gasteiger partial charge in [0.25, 0.3) is 11.8 Å². The normalized spacial score (nSPS) is 25.1. The van der Waals surface area contributed by atoms with Crippen LogP contribution in [-0.2, 0) is 25.7 Å². The number of likely N-dealkylation sites (N-methyl/N-ethyl adjacent to an activating group) is 2. The Morgan fingerprint density at radius 2 is 1.02 bits per heavy atom. The number of carbonyl (C=O) groups excluding carboxylic acids is 2. The van der Waals surface area contributed by atoms with Gasteiger partial charge < -0.3 is 53.8 Å². The van der Waals surface area contributed by atoms with Crippen molar-refractivity contribution in [3.8, 4) is 69.6 Å². The molecule has 9 aliphatic rings. The van der Waals surface area contributed by atoms with Gasteiger partial charge in [-0.25, -0.2) is 0 Å². The molecule has 2 saturated heterocycles. The highest BCUT2D eigenvalue weighted by atomic mass is 16.7. The minimum absolute atomic E-state index is 0. The van der Waals surface area contributed by atoms with Crippen molar-refractivity contribution in [1.82, 2.24) is 24.5 Å². The van der Waals surface area contributed by atoms with Gasteiger partial charge in [-0.1, -0.05) is 71.9 Å². The molecule has 14 rings (SSSR count). The zero-order valence-electron chi connectivity index (χ0n) is 49.6. The SMILES string of the molecule is C.C.C.C=CCOc1c(C)c2c(c3c1CC1[C@H]4c5c(cc(C)c(OC)c5O)C[C@@H]([C@H](C#N)N1[C@H]3CN)N4C)OCO2.C=CCOc1c(C)c2c(c3c1CC1[C@H]4c5c(cc(C)c(OC)c5O)C[C@@H]([C@H](C#N)N1[C@H]3CN1C(=O)c3ccccc3C1=O)N4C)OCO2. The van der Waals surface area contributed by atoms with E-state index in [2.05, 4.69) is 64.1 Å². The molecule has 4 N–H and O–H groups in total. The minimum Gasteiger partial charge on any atom is -0.504 e. The topological polar surface area (TPSA) is 238 Å². The number of benzene rings is 5. The predicted octanol–water partition coefficient (Wildman–Crippen LogP) is 9.33. The van der Waals surface area contributed by atoms with Crippen LogP contribution in [0.5, 0.6) is 57.5 Å². The van der Waals surface area contributed by atoms with Crippen molar-refractivity contribution in [3.05, 3.63) is 140 Å². The highest BCUT2D eigenvalue weighted by Crippen LogP contribution is 2.61. The molecule has 89 heavy (non-hydrogen) atoms. The number of hydrogen-bond acceptors (Lipinski definition) is 19. The van der Waals surface area contributed by atoms with Gasteiger partial charge in [-0.3, -0.25) is 34.1 Å². The molecule has 9 aliphatic heterocycles. The second kappa shape index (κ2) is 24.1. The number of aryl methyl sites for hydroxylation is 2. The number of carbonyl (C=O) groups is 2. The van der Waals surface area contributed by atoms with E-state index in [0.29, 0.717) is 90.2 Å². The maximum absolute atomic E-state index is 13.8. The van der Waals surface area contributed by atoms with Crippen molar-refractivity contribution in [2.24, 2.45) is 5.73 Å². The molecule has 5 aromatic rings. The number of amides is 2. The van der Waals surface area contributed by atoms with Crippen LogP contribution in [0.15, 0.2) is 61.7 Å². The summed E-state index contributed by atoms with van der Waals surface area (Å²) in [5.41, 5.74) is 17.8. The Labute approximate surface area is 521 Å². The van der Waals surface area contributed by atoms with Crippen molar-refractivity contribution in [1.29, 1.82) is 10.5 Å². The lowest BCUT2D eigenvalue weighted by Crippen LogP contribution is -2.68. The molecule has 20 heteroatoms. The zero-order valence-corrected chi connectivity index (χ0v) is 49.6. The number of phenolic OH excluding ortho intramolecular Hbond substituents is 2. The number of rotatable bonds is 11. The number of nitrogens with zero attached hydrogens (tertiary/aromatic N) is 7. The van der Waals surface area contributed by atoms with Gasteiger partial charge in [0.2, 0.25) is 13.6 Å². The molecule has 0 spiro atoms. The van der Waals surface area contributed by atoms with Gasteiger partial charge in [0.05, 0.1) is 61.7 Å². The number of hydrogen-bond donors (Lipinski definition) is 3. The fourth-order valence-corrected chi connectivity index (χ4v) is 16.3. The van der Waals surface area contributed by atoms with Crippen molar-refractivity contribution >= 4 is 11.8 Å². The summed E-state index contributed by atoms with van der Waals surface area (Å²) in [5.74, 6) is 4.24. The van der Waals surface area contributed by atoms with Gasteiger partial charge in [0.1, 0.15) is 36.8 Å². The number of ether oxygens (including phenoxy) is 8. The molecule has 4 bridgehead atoms. The fraction of sp³-hybridized carbons (Fsp3) is 0.449. The van der Waals surface area contributed by atoms with Crippen LogP contribution in [0.2, 0.25) is 0 Å². The second-order valence-electron chi connectivity index (χ2n) is 23.7. The molecule has 0 radical (unpaired) electrons. The van der Waals surface area contributed by atoms with Crippen molar-refractivity contribution in [2.45, 2.75) is 136 Å². The third kappa shape index (κ3) is 9.15. The largest absolute Gasteiger partial charge is 0.504 e. The second-order valence-corrected chi connectivity index (χ2v) is 23.7. The van der Waals surface area contributed by atoms with E-state index in [9.17, 15) is 30.3 Å². The number of methoxy groups -OCH3 is 2.